The van der Waals surface area contributed by atoms with Crippen molar-refractivity contribution in [3.63, 3.8) is 0 Å². The van der Waals surface area contributed by atoms with Crippen LogP contribution in [0, 0.1) is 0 Å². The van der Waals surface area contributed by atoms with E-state index in [9.17, 15) is 9.59 Å². The van der Waals surface area contributed by atoms with Gasteiger partial charge in [-0.25, -0.2) is 0 Å². The monoisotopic (exact) mass is 302 g/mol. The quantitative estimate of drug-likeness (QED) is 0.942. The zero-order valence-corrected chi connectivity index (χ0v) is 12.5. The Hall–Kier alpha value is -2.33. The van der Waals surface area contributed by atoms with Crippen molar-refractivity contribution in [2.75, 3.05) is 17.3 Å². The first kappa shape index (κ1) is 15.1. The molecule has 4 nitrogen and oxygen atoms in total. The van der Waals surface area contributed by atoms with Gasteiger partial charge in [-0.1, -0.05) is 23.7 Å². The molecule has 0 heterocycles. The first-order valence-corrected chi connectivity index (χ1v) is 6.77. The summed E-state index contributed by atoms with van der Waals surface area (Å²) < 4.78 is 0. The lowest BCUT2D eigenvalue weighted by molar-refractivity contribution is -0.116. The molecule has 0 atom stereocenters. The Balaban J connectivity index is 2.12. The highest BCUT2D eigenvalue weighted by Gasteiger charge is 2.10. The molecule has 0 radical (unpaired) electrons. The molecular formula is C16H15ClN2O2. The van der Waals surface area contributed by atoms with Gasteiger partial charge in [-0.3, -0.25) is 9.59 Å². The molecule has 0 saturated carbocycles. The lowest BCUT2D eigenvalue weighted by Gasteiger charge is -2.15. The highest BCUT2D eigenvalue weighted by molar-refractivity contribution is 6.34. The topological polar surface area (TPSA) is 49.4 Å². The minimum atomic E-state index is -0.270. The molecule has 0 aliphatic heterocycles. The highest BCUT2D eigenvalue weighted by Crippen LogP contribution is 2.20. The molecule has 2 aromatic rings. The molecule has 2 aromatic carbocycles. The Morgan fingerprint density at radius 2 is 1.67 bits per heavy atom. The number of amides is 2. The third kappa shape index (κ3) is 3.61. The molecule has 2 rings (SSSR count). The van der Waals surface area contributed by atoms with Crippen LogP contribution in [0.15, 0.2) is 48.5 Å². The molecule has 0 aromatic heterocycles. The van der Waals surface area contributed by atoms with Crippen molar-refractivity contribution in [2.24, 2.45) is 0 Å². The number of hydrogen-bond acceptors (Lipinski definition) is 2. The van der Waals surface area contributed by atoms with Crippen LogP contribution < -0.4 is 10.2 Å². The number of carbonyl (C=O) groups is 2. The normalized spacial score (nSPS) is 10.0. The zero-order chi connectivity index (χ0) is 15.4. The van der Waals surface area contributed by atoms with Gasteiger partial charge in [-0.2, -0.15) is 0 Å². The maximum Gasteiger partial charge on any atom is 0.257 e. The van der Waals surface area contributed by atoms with Crippen LogP contribution in [0.2, 0.25) is 5.02 Å². The molecular weight excluding hydrogens is 288 g/mol. The molecule has 0 bridgehead atoms. The first-order chi connectivity index (χ1) is 9.99. The van der Waals surface area contributed by atoms with Gasteiger partial charge >= 0.3 is 0 Å². The van der Waals surface area contributed by atoms with Crippen LogP contribution in [0.5, 0.6) is 0 Å². The maximum absolute atomic E-state index is 12.1. The standard InChI is InChI=1S/C16H15ClN2O2/c1-11(20)19(2)13-9-7-12(8-10-13)18-16(21)14-5-3-4-6-15(14)17/h3-10H,1-2H3,(H,18,21). The van der Waals surface area contributed by atoms with E-state index in [4.69, 9.17) is 11.6 Å². The molecule has 2 amide bonds. The molecule has 108 valence electrons. The number of benzene rings is 2. The van der Waals surface area contributed by atoms with E-state index < -0.39 is 0 Å². The van der Waals surface area contributed by atoms with Crippen molar-refractivity contribution in [1.82, 2.24) is 0 Å². The number of halogens is 1. The summed E-state index contributed by atoms with van der Waals surface area (Å²) in [5.41, 5.74) is 1.82. The molecule has 0 aliphatic rings. The van der Waals surface area contributed by atoms with Gasteiger partial charge in [-0.05, 0) is 36.4 Å². The van der Waals surface area contributed by atoms with Crippen LogP contribution in [0.25, 0.3) is 0 Å². The fourth-order valence-electron chi connectivity index (χ4n) is 1.79. The van der Waals surface area contributed by atoms with Gasteiger partial charge in [0.05, 0.1) is 10.6 Å². The molecule has 0 unspecified atom stereocenters. The number of carbonyl (C=O) groups excluding carboxylic acids is 2. The molecule has 5 heteroatoms. The van der Waals surface area contributed by atoms with Crippen LogP contribution >= 0.6 is 11.6 Å². The van der Waals surface area contributed by atoms with Crippen molar-refractivity contribution in [1.29, 1.82) is 0 Å². The summed E-state index contributed by atoms with van der Waals surface area (Å²) in [4.78, 5) is 24.9. The summed E-state index contributed by atoms with van der Waals surface area (Å²) in [5.74, 6) is -0.323. The number of nitrogens with zero attached hydrogens (tertiary/aromatic N) is 1. The van der Waals surface area contributed by atoms with Gasteiger partial charge < -0.3 is 10.2 Å². The number of anilines is 2. The summed E-state index contributed by atoms with van der Waals surface area (Å²) in [5, 5.41) is 3.17. The van der Waals surface area contributed by atoms with Gasteiger partial charge in [0.25, 0.3) is 5.91 Å². The van der Waals surface area contributed by atoms with Gasteiger partial charge in [0, 0.05) is 25.3 Å². The third-order valence-electron chi connectivity index (χ3n) is 3.10. The van der Waals surface area contributed by atoms with E-state index in [0.29, 0.717) is 16.3 Å². The Morgan fingerprint density at radius 1 is 1.05 bits per heavy atom. The van der Waals surface area contributed by atoms with E-state index in [1.54, 1.807) is 55.6 Å². The van der Waals surface area contributed by atoms with E-state index in [1.807, 2.05) is 0 Å². The molecule has 0 aliphatic carbocycles. The lowest BCUT2D eigenvalue weighted by atomic mass is 10.2. The fourth-order valence-corrected chi connectivity index (χ4v) is 2.02. The molecule has 0 saturated heterocycles. The van der Waals surface area contributed by atoms with E-state index in [-0.39, 0.29) is 11.8 Å². The largest absolute Gasteiger partial charge is 0.322 e. The Kier molecular flexibility index (Phi) is 4.60. The summed E-state index contributed by atoms with van der Waals surface area (Å²) >= 11 is 5.98. The van der Waals surface area contributed by atoms with Gasteiger partial charge in [0.1, 0.15) is 0 Å². The summed E-state index contributed by atoms with van der Waals surface area (Å²) in [7, 11) is 1.69. The van der Waals surface area contributed by atoms with Crippen LogP contribution in [0.1, 0.15) is 17.3 Å². The van der Waals surface area contributed by atoms with Crippen LogP contribution in [0.3, 0.4) is 0 Å². The average molecular weight is 303 g/mol. The second-order valence-corrected chi connectivity index (χ2v) is 4.97. The van der Waals surface area contributed by atoms with E-state index in [0.717, 1.165) is 5.69 Å². The van der Waals surface area contributed by atoms with Gasteiger partial charge in [0.15, 0.2) is 0 Å². The number of nitrogens with one attached hydrogen (secondary N) is 1. The molecule has 0 fully saturated rings. The Bertz CT molecular complexity index is 668. The summed E-state index contributed by atoms with van der Waals surface area (Å²) in [6.45, 7) is 1.49. The first-order valence-electron chi connectivity index (χ1n) is 6.39. The number of hydrogen-bond donors (Lipinski definition) is 1. The third-order valence-corrected chi connectivity index (χ3v) is 3.43. The van der Waals surface area contributed by atoms with E-state index >= 15 is 0 Å². The number of rotatable bonds is 3. The van der Waals surface area contributed by atoms with Crippen LogP contribution in [-0.4, -0.2) is 18.9 Å². The van der Waals surface area contributed by atoms with Crippen molar-refractivity contribution >= 4 is 34.8 Å². The van der Waals surface area contributed by atoms with Crippen molar-refractivity contribution in [2.45, 2.75) is 6.92 Å². The SMILES string of the molecule is CC(=O)N(C)c1ccc(NC(=O)c2ccccc2Cl)cc1. The van der Waals surface area contributed by atoms with Crippen molar-refractivity contribution in [3.8, 4) is 0 Å². The van der Waals surface area contributed by atoms with Crippen LogP contribution in [0.4, 0.5) is 11.4 Å². The second kappa shape index (κ2) is 6.41. The van der Waals surface area contributed by atoms with Gasteiger partial charge in [-0.15, -0.1) is 0 Å². The average Bonchev–Trinajstić information content (AvgIpc) is 2.47. The minimum absolute atomic E-state index is 0.0529. The van der Waals surface area contributed by atoms with Crippen LogP contribution in [-0.2, 0) is 4.79 Å². The highest BCUT2D eigenvalue weighted by atomic mass is 35.5. The summed E-state index contributed by atoms with van der Waals surface area (Å²) in [6, 6.07) is 13.9. The van der Waals surface area contributed by atoms with E-state index in [1.165, 1.54) is 11.8 Å². The zero-order valence-electron chi connectivity index (χ0n) is 11.8. The van der Waals surface area contributed by atoms with Crippen molar-refractivity contribution < 1.29 is 9.59 Å². The van der Waals surface area contributed by atoms with E-state index in [2.05, 4.69) is 5.32 Å². The second-order valence-electron chi connectivity index (χ2n) is 4.56. The maximum atomic E-state index is 12.1. The molecule has 0 spiro atoms. The summed E-state index contributed by atoms with van der Waals surface area (Å²) in [6.07, 6.45) is 0. The lowest BCUT2D eigenvalue weighted by Crippen LogP contribution is -2.22. The molecule has 1 N–H and O–H groups in total. The predicted octanol–water partition coefficient (Wildman–Crippen LogP) is 3.58. The Labute approximate surface area is 128 Å². The molecule has 21 heavy (non-hydrogen) atoms. The smallest absolute Gasteiger partial charge is 0.257 e. The fraction of sp³-hybridized carbons (Fsp3) is 0.125. The van der Waals surface area contributed by atoms with Gasteiger partial charge in [0.2, 0.25) is 5.91 Å². The van der Waals surface area contributed by atoms with Crippen molar-refractivity contribution in [3.05, 3.63) is 59.1 Å². The Morgan fingerprint density at radius 3 is 2.24 bits per heavy atom. The minimum Gasteiger partial charge on any atom is -0.322 e. The predicted molar refractivity (Wildman–Crippen MR) is 84.9 cm³/mol.